The molecule has 0 saturated heterocycles. The normalized spacial score (nSPS) is 17.9. The largest absolute Gasteiger partial charge is 0.469 e. The number of rotatable bonds is 8. The van der Waals surface area contributed by atoms with Crippen molar-refractivity contribution in [2.75, 3.05) is 25.2 Å². The average Bonchev–Trinajstić information content (AvgIpc) is 3.05. The van der Waals surface area contributed by atoms with E-state index < -0.39 is 10.8 Å². The van der Waals surface area contributed by atoms with Gasteiger partial charge in [-0.1, -0.05) is 6.92 Å². The molecule has 1 rings (SSSR count). The first-order chi connectivity index (χ1) is 8.51. The van der Waals surface area contributed by atoms with Crippen LogP contribution in [0.5, 0.6) is 0 Å². The monoisotopic (exact) mass is 275 g/mol. The van der Waals surface area contributed by atoms with Gasteiger partial charge in [-0.3, -0.25) is 13.8 Å². The van der Waals surface area contributed by atoms with E-state index in [4.69, 9.17) is 0 Å². The Balaban J connectivity index is 2.31. The predicted octanol–water partition coefficient (Wildman–Crippen LogP) is 0.605. The summed E-state index contributed by atoms with van der Waals surface area (Å²) in [7, 11) is 0.156. The fourth-order valence-electron chi connectivity index (χ4n) is 1.78. The van der Waals surface area contributed by atoms with Gasteiger partial charge in [0.25, 0.3) is 0 Å². The summed E-state index contributed by atoms with van der Waals surface area (Å²) < 4.78 is 16.5. The molecule has 1 atom stereocenters. The van der Waals surface area contributed by atoms with Crippen LogP contribution in [-0.2, 0) is 25.1 Å². The van der Waals surface area contributed by atoms with Crippen molar-refractivity contribution in [1.82, 2.24) is 5.32 Å². The quantitative estimate of drug-likeness (QED) is 0.659. The van der Waals surface area contributed by atoms with Crippen LogP contribution in [-0.4, -0.2) is 41.2 Å². The van der Waals surface area contributed by atoms with E-state index in [9.17, 15) is 13.8 Å². The summed E-state index contributed by atoms with van der Waals surface area (Å²) in [4.78, 5) is 22.6. The maximum atomic E-state index is 11.8. The van der Waals surface area contributed by atoms with Gasteiger partial charge in [-0.05, 0) is 24.7 Å². The third kappa shape index (κ3) is 5.16. The lowest BCUT2D eigenvalue weighted by atomic mass is 10.1. The lowest BCUT2D eigenvalue weighted by Crippen LogP contribution is -2.31. The molecular weight excluding hydrogens is 254 g/mol. The van der Waals surface area contributed by atoms with Crippen LogP contribution >= 0.6 is 0 Å². The number of hydrogen-bond donors (Lipinski definition) is 1. The highest BCUT2D eigenvalue weighted by atomic mass is 32.2. The maximum absolute atomic E-state index is 11.8. The van der Waals surface area contributed by atoms with Gasteiger partial charge in [-0.2, -0.15) is 0 Å². The number of methoxy groups -OCH3 is 1. The van der Waals surface area contributed by atoms with Gasteiger partial charge >= 0.3 is 5.97 Å². The first-order valence-corrected chi connectivity index (χ1v) is 7.68. The Bertz CT molecular complexity index is 339. The van der Waals surface area contributed by atoms with E-state index in [-0.39, 0.29) is 23.0 Å². The molecule has 1 aliphatic carbocycles. The highest BCUT2D eigenvalue weighted by molar-refractivity contribution is 7.85. The van der Waals surface area contributed by atoms with Gasteiger partial charge in [-0.25, -0.2) is 0 Å². The zero-order chi connectivity index (χ0) is 13.6. The van der Waals surface area contributed by atoms with Gasteiger partial charge in [-0.15, -0.1) is 0 Å². The van der Waals surface area contributed by atoms with E-state index in [0.717, 1.165) is 19.3 Å². The molecule has 0 aromatic rings. The summed E-state index contributed by atoms with van der Waals surface area (Å²) in [5.74, 6) is 0.00822. The molecular formula is C12H21NO4S. The van der Waals surface area contributed by atoms with Gasteiger partial charge in [0, 0.05) is 23.1 Å². The van der Waals surface area contributed by atoms with Crippen LogP contribution in [0, 0.1) is 5.41 Å². The minimum absolute atomic E-state index is 0.0307. The second-order valence-electron chi connectivity index (χ2n) is 4.83. The number of carbonyl (C=O) groups is 2. The molecule has 0 radical (unpaired) electrons. The van der Waals surface area contributed by atoms with Gasteiger partial charge in [0.05, 0.1) is 13.5 Å². The number of amides is 1. The highest BCUT2D eigenvalue weighted by Crippen LogP contribution is 2.49. The molecule has 1 fully saturated rings. The summed E-state index contributed by atoms with van der Waals surface area (Å²) >= 11 is 0. The zero-order valence-corrected chi connectivity index (χ0v) is 11.8. The fourth-order valence-corrected chi connectivity index (χ4v) is 3.35. The third-order valence-electron chi connectivity index (χ3n) is 3.04. The molecule has 18 heavy (non-hydrogen) atoms. The van der Waals surface area contributed by atoms with Crippen molar-refractivity contribution >= 4 is 22.7 Å². The van der Waals surface area contributed by atoms with E-state index in [1.165, 1.54) is 7.11 Å². The maximum Gasteiger partial charge on any atom is 0.306 e. The zero-order valence-electron chi connectivity index (χ0n) is 11.0. The van der Waals surface area contributed by atoms with Crippen molar-refractivity contribution in [3.05, 3.63) is 0 Å². The summed E-state index contributed by atoms with van der Waals surface area (Å²) in [6, 6.07) is 0. The summed E-state index contributed by atoms with van der Waals surface area (Å²) in [5, 5.41) is 2.70. The Morgan fingerprint density at radius 3 is 2.56 bits per heavy atom. The molecule has 0 aromatic heterocycles. The summed E-state index contributed by atoms with van der Waals surface area (Å²) in [5.41, 5.74) is -0.178. The van der Waals surface area contributed by atoms with Crippen molar-refractivity contribution in [2.24, 2.45) is 5.41 Å². The minimum atomic E-state index is -1.20. The van der Waals surface area contributed by atoms with Crippen LogP contribution < -0.4 is 5.32 Å². The molecule has 6 heteroatoms. The number of nitrogens with one attached hydrogen (secondary N) is 1. The molecule has 5 nitrogen and oxygen atoms in total. The van der Waals surface area contributed by atoms with Crippen molar-refractivity contribution in [3.8, 4) is 0 Å². The number of esters is 1. The van der Waals surface area contributed by atoms with E-state index in [2.05, 4.69) is 10.1 Å². The van der Waals surface area contributed by atoms with Crippen molar-refractivity contribution in [1.29, 1.82) is 0 Å². The topological polar surface area (TPSA) is 72.5 Å². The van der Waals surface area contributed by atoms with Crippen LogP contribution in [0.2, 0.25) is 0 Å². The SMILES string of the molecule is CCCNC(=O)CS(=O)CC1(CC(=O)OC)CC1. The van der Waals surface area contributed by atoms with E-state index >= 15 is 0 Å². The Kier molecular flexibility index (Phi) is 5.78. The fraction of sp³-hybridized carbons (Fsp3) is 0.833. The van der Waals surface area contributed by atoms with Gasteiger partial charge in [0.15, 0.2) is 0 Å². The Morgan fingerprint density at radius 2 is 2.06 bits per heavy atom. The molecule has 1 unspecified atom stereocenters. The Hall–Kier alpha value is -0.910. The number of hydrogen-bond acceptors (Lipinski definition) is 4. The van der Waals surface area contributed by atoms with Crippen LogP contribution in [0.1, 0.15) is 32.6 Å². The van der Waals surface area contributed by atoms with Crippen molar-refractivity contribution < 1.29 is 18.5 Å². The second kappa shape index (κ2) is 6.87. The Labute approximate surface area is 110 Å². The van der Waals surface area contributed by atoms with Gasteiger partial charge in [0.1, 0.15) is 5.75 Å². The molecule has 104 valence electrons. The highest BCUT2D eigenvalue weighted by Gasteiger charge is 2.46. The lowest BCUT2D eigenvalue weighted by molar-refractivity contribution is -0.141. The molecule has 1 N–H and O–H groups in total. The number of carbonyl (C=O) groups excluding carboxylic acids is 2. The molecule has 1 aliphatic rings. The molecule has 0 aromatic carbocycles. The molecule has 0 bridgehead atoms. The van der Waals surface area contributed by atoms with E-state index in [1.807, 2.05) is 6.92 Å². The van der Waals surface area contributed by atoms with Crippen LogP contribution in [0.3, 0.4) is 0 Å². The molecule has 1 saturated carbocycles. The molecule has 0 spiro atoms. The average molecular weight is 275 g/mol. The summed E-state index contributed by atoms with van der Waals surface area (Å²) in [6.07, 6.45) is 2.96. The Morgan fingerprint density at radius 1 is 1.39 bits per heavy atom. The third-order valence-corrected chi connectivity index (χ3v) is 4.55. The smallest absolute Gasteiger partial charge is 0.306 e. The molecule has 0 heterocycles. The molecule has 0 aliphatic heterocycles. The first kappa shape index (κ1) is 15.1. The molecule has 1 amide bonds. The minimum Gasteiger partial charge on any atom is -0.469 e. The van der Waals surface area contributed by atoms with E-state index in [0.29, 0.717) is 18.7 Å². The predicted molar refractivity (Wildman–Crippen MR) is 69.5 cm³/mol. The van der Waals surface area contributed by atoms with Gasteiger partial charge < -0.3 is 10.1 Å². The first-order valence-electron chi connectivity index (χ1n) is 6.20. The van der Waals surface area contributed by atoms with E-state index in [1.54, 1.807) is 0 Å². The second-order valence-corrected chi connectivity index (χ2v) is 6.29. The van der Waals surface area contributed by atoms with Crippen LogP contribution in [0.15, 0.2) is 0 Å². The lowest BCUT2D eigenvalue weighted by Gasteiger charge is -2.12. The van der Waals surface area contributed by atoms with Crippen LogP contribution in [0.4, 0.5) is 0 Å². The summed E-state index contributed by atoms with van der Waals surface area (Å²) in [6.45, 7) is 2.58. The van der Waals surface area contributed by atoms with Gasteiger partial charge in [0.2, 0.25) is 5.91 Å². The van der Waals surface area contributed by atoms with Crippen LogP contribution in [0.25, 0.3) is 0 Å². The van der Waals surface area contributed by atoms with Crippen molar-refractivity contribution in [2.45, 2.75) is 32.6 Å². The number of ether oxygens (including phenoxy) is 1. The standard InChI is InChI=1S/C12H21NO4S/c1-3-6-13-10(14)8-18(16)9-12(4-5-12)7-11(15)17-2/h3-9H2,1-2H3,(H,13,14). The van der Waals surface area contributed by atoms with Crippen molar-refractivity contribution in [3.63, 3.8) is 0 Å².